The molecule has 0 radical (unpaired) electrons. The molecular weight excluding hydrogens is 132 g/mol. The SMILES string of the molecule is CCC1C(C)C1(CC)C(C)C. The second-order valence-corrected chi connectivity index (χ2v) is 4.42. The van der Waals surface area contributed by atoms with E-state index in [1.165, 1.54) is 12.8 Å². The van der Waals surface area contributed by atoms with Gasteiger partial charge in [-0.3, -0.25) is 0 Å². The quantitative estimate of drug-likeness (QED) is 0.581. The fourth-order valence-corrected chi connectivity index (χ4v) is 3.43. The van der Waals surface area contributed by atoms with Gasteiger partial charge in [-0.2, -0.15) is 0 Å². The van der Waals surface area contributed by atoms with Crippen LogP contribution >= 0.6 is 0 Å². The standard InChI is InChI=1S/C11H22/c1-6-10-9(5)11(10,7-2)8(3)4/h8-10H,6-7H2,1-5H3. The Hall–Kier alpha value is 0. The van der Waals surface area contributed by atoms with Crippen molar-refractivity contribution < 1.29 is 0 Å². The molecule has 0 heteroatoms. The summed E-state index contributed by atoms with van der Waals surface area (Å²) in [7, 11) is 0. The molecular formula is C11H22. The average Bonchev–Trinajstić information content (AvgIpc) is 2.56. The van der Waals surface area contributed by atoms with E-state index in [0.717, 1.165) is 23.2 Å². The van der Waals surface area contributed by atoms with E-state index < -0.39 is 0 Å². The van der Waals surface area contributed by atoms with Crippen LogP contribution in [0, 0.1) is 23.2 Å². The topological polar surface area (TPSA) is 0 Å². The van der Waals surface area contributed by atoms with Crippen molar-refractivity contribution in [2.75, 3.05) is 0 Å². The van der Waals surface area contributed by atoms with Crippen molar-refractivity contribution in [2.45, 2.75) is 47.5 Å². The van der Waals surface area contributed by atoms with E-state index in [4.69, 9.17) is 0 Å². The molecule has 1 fully saturated rings. The fourth-order valence-electron chi connectivity index (χ4n) is 3.43. The molecule has 0 N–H and O–H groups in total. The normalized spacial score (nSPS) is 43.1. The molecule has 11 heavy (non-hydrogen) atoms. The number of rotatable bonds is 3. The minimum Gasteiger partial charge on any atom is -0.0651 e. The third-order valence-electron chi connectivity index (χ3n) is 4.16. The lowest BCUT2D eigenvalue weighted by Crippen LogP contribution is -2.12. The van der Waals surface area contributed by atoms with Gasteiger partial charge in [0.15, 0.2) is 0 Å². The highest BCUT2D eigenvalue weighted by Crippen LogP contribution is 2.66. The Balaban J connectivity index is 2.66. The zero-order valence-corrected chi connectivity index (χ0v) is 8.65. The van der Waals surface area contributed by atoms with Crippen LogP contribution in [0.5, 0.6) is 0 Å². The third-order valence-corrected chi connectivity index (χ3v) is 4.16. The van der Waals surface area contributed by atoms with Crippen LogP contribution in [0.1, 0.15) is 47.5 Å². The van der Waals surface area contributed by atoms with Gasteiger partial charge in [-0.05, 0) is 29.6 Å². The smallest absolute Gasteiger partial charge is 0.0218 e. The summed E-state index contributed by atoms with van der Waals surface area (Å²) in [6.07, 6.45) is 2.76. The number of hydrogen-bond acceptors (Lipinski definition) is 0. The Morgan fingerprint density at radius 3 is 1.91 bits per heavy atom. The molecule has 0 nitrogen and oxygen atoms in total. The molecule has 0 heterocycles. The van der Waals surface area contributed by atoms with Gasteiger partial charge in [0.05, 0.1) is 0 Å². The molecule has 1 rings (SSSR count). The molecule has 1 aliphatic carbocycles. The van der Waals surface area contributed by atoms with Gasteiger partial charge in [0.25, 0.3) is 0 Å². The summed E-state index contributed by atoms with van der Waals surface area (Å²) in [5.74, 6) is 2.89. The molecule has 0 amide bonds. The van der Waals surface area contributed by atoms with Gasteiger partial charge < -0.3 is 0 Å². The van der Waals surface area contributed by atoms with Crippen molar-refractivity contribution in [1.82, 2.24) is 0 Å². The lowest BCUT2D eigenvalue weighted by molar-refractivity contribution is 0.294. The maximum absolute atomic E-state index is 2.43. The lowest BCUT2D eigenvalue weighted by Gasteiger charge is -2.20. The van der Waals surface area contributed by atoms with E-state index in [2.05, 4.69) is 34.6 Å². The molecule has 0 saturated heterocycles. The van der Waals surface area contributed by atoms with Gasteiger partial charge in [-0.15, -0.1) is 0 Å². The predicted octanol–water partition coefficient (Wildman–Crippen LogP) is 3.71. The zero-order chi connectivity index (χ0) is 8.65. The maximum atomic E-state index is 2.43. The largest absolute Gasteiger partial charge is 0.0651 e. The summed E-state index contributed by atoms with van der Waals surface area (Å²) in [5.41, 5.74) is 0.717. The lowest BCUT2D eigenvalue weighted by atomic mass is 9.85. The van der Waals surface area contributed by atoms with Gasteiger partial charge in [0.1, 0.15) is 0 Å². The molecule has 1 saturated carbocycles. The van der Waals surface area contributed by atoms with Crippen molar-refractivity contribution in [1.29, 1.82) is 0 Å². The molecule has 0 aromatic rings. The molecule has 0 aliphatic heterocycles. The van der Waals surface area contributed by atoms with Gasteiger partial charge in [0.2, 0.25) is 0 Å². The van der Waals surface area contributed by atoms with Crippen LogP contribution in [0.2, 0.25) is 0 Å². The second kappa shape index (κ2) is 2.80. The van der Waals surface area contributed by atoms with Crippen LogP contribution in [-0.2, 0) is 0 Å². The first-order valence-corrected chi connectivity index (χ1v) is 5.11. The minimum atomic E-state index is 0.717. The molecule has 3 unspecified atom stereocenters. The fraction of sp³-hybridized carbons (Fsp3) is 1.00. The first-order valence-electron chi connectivity index (χ1n) is 5.11. The summed E-state index contributed by atoms with van der Waals surface area (Å²) in [6.45, 7) is 11.9. The average molecular weight is 154 g/mol. The van der Waals surface area contributed by atoms with Crippen LogP contribution < -0.4 is 0 Å². The second-order valence-electron chi connectivity index (χ2n) is 4.42. The monoisotopic (exact) mass is 154 g/mol. The summed E-state index contributed by atoms with van der Waals surface area (Å²) in [4.78, 5) is 0. The molecule has 3 atom stereocenters. The summed E-state index contributed by atoms with van der Waals surface area (Å²) in [6, 6.07) is 0. The molecule has 0 bridgehead atoms. The van der Waals surface area contributed by atoms with Gasteiger partial charge in [-0.1, -0.05) is 41.0 Å². The summed E-state index contributed by atoms with van der Waals surface area (Å²) < 4.78 is 0. The molecule has 66 valence electrons. The van der Waals surface area contributed by atoms with E-state index in [1.807, 2.05) is 0 Å². The Morgan fingerprint density at radius 2 is 1.82 bits per heavy atom. The van der Waals surface area contributed by atoms with E-state index in [9.17, 15) is 0 Å². The van der Waals surface area contributed by atoms with Gasteiger partial charge in [-0.25, -0.2) is 0 Å². The highest BCUT2D eigenvalue weighted by atomic mass is 14.6. The molecule has 0 aromatic carbocycles. The summed E-state index contributed by atoms with van der Waals surface area (Å²) >= 11 is 0. The Labute approximate surface area is 71.4 Å². The van der Waals surface area contributed by atoms with E-state index >= 15 is 0 Å². The van der Waals surface area contributed by atoms with Gasteiger partial charge in [0, 0.05) is 0 Å². The van der Waals surface area contributed by atoms with Crippen molar-refractivity contribution in [3.63, 3.8) is 0 Å². The van der Waals surface area contributed by atoms with Crippen LogP contribution in [0.3, 0.4) is 0 Å². The maximum Gasteiger partial charge on any atom is -0.0218 e. The molecule has 0 aromatic heterocycles. The Morgan fingerprint density at radius 1 is 1.27 bits per heavy atom. The Kier molecular flexibility index (Phi) is 2.32. The van der Waals surface area contributed by atoms with Crippen molar-refractivity contribution >= 4 is 0 Å². The number of hydrogen-bond donors (Lipinski definition) is 0. The predicted molar refractivity (Wildman–Crippen MR) is 50.5 cm³/mol. The molecule has 0 spiro atoms. The first kappa shape index (κ1) is 9.09. The zero-order valence-electron chi connectivity index (χ0n) is 8.65. The van der Waals surface area contributed by atoms with Gasteiger partial charge >= 0.3 is 0 Å². The Bertz CT molecular complexity index is 137. The van der Waals surface area contributed by atoms with Crippen molar-refractivity contribution in [3.8, 4) is 0 Å². The van der Waals surface area contributed by atoms with E-state index in [1.54, 1.807) is 0 Å². The third kappa shape index (κ3) is 1.02. The van der Waals surface area contributed by atoms with E-state index in [-0.39, 0.29) is 0 Å². The molecule has 1 aliphatic rings. The highest BCUT2D eigenvalue weighted by molar-refractivity contribution is 5.08. The van der Waals surface area contributed by atoms with Crippen LogP contribution in [0.25, 0.3) is 0 Å². The summed E-state index contributed by atoms with van der Waals surface area (Å²) in [5, 5.41) is 0. The van der Waals surface area contributed by atoms with Crippen molar-refractivity contribution in [3.05, 3.63) is 0 Å². The van der Waals surface area contributed by atoms with E-state index in [0.29, 0.717) is 0 Å². The van der Waals surface area contributed by atoms with Crippen LogP contribution in [-0.4, -0.2) is 0 Å². The highest BCUT2D eigenvalue weighted by Gasteiger charge is 2.60. The van der Waals surface area contributed by atoms with Crippen LogP contribution in [0.15, 0.2) is 0 Å². The van der Waals surface area contributed by atoms with Crippen molar-refractivity contribution in [2.24, 2.45) is 23.2 Å². The first-order chi connectivity index (χ1) is 5.11. The van der Waals surface area contributed by atoms with Crippen LogP contribution in [0.4, 0.5) is 0 Å². The minimum absolute atomic E-state index is 0.717.